The number of benzene rings is 1. The van der Waals surface area contributed by atoms with E-state index >= 15 is 0 Å². The van der Waals surface area contributed by atoms with E-state index < -0.39 is 0 Å². The average Bonchev–Trinajstić information content (AvgIpc) is 2.74. The van der Waals surface area contributed by atoms with Gasteiger partial charge in [0.25, 0.3) is 5.69 Å². The molecule has 17 heavy (non-hydrogen) atoms. The molecule has 1 aromatic rings. The third-order valence-electron chi connectivity index (χ3n) is 3.25. The number of nitro groups is 1. The van der Waals surface area contributed by atoms with Gasteiger partial charge in [0.15, 0.2) is 0 Å². The second kappa shape index (κ2) is 5.04. The number of halogens is 1. The van der Waals surface area contributed by atoms with Crippen LogP contribution in [-0.4, -0.2) is 17.5 Å². The lowest BCUT2D eigenvalue weighted by atomic mass is 10.1. The van der Waals surface area contributed by atoms with Crippen molar-refractivity contribution >= 4 is 27.3 Å². The Morgan fingerprint density at radius 1 is 1.59 bits per heavy atom. The summed E-state index contributed by atoms with van der Waals surface area (Å²) in [6.45, 7) is 3.03. The highest BCUT2D eigenvalue weighted by molar-refractivity contribution is 9.08. The van der Waals surface area contributed by atoms with Gasteiger partial charge in [-0.2, -0.15) is 0 Å². The van der Waals surface area contributed by atoms with Gasteiger partial charge in [-0.15, -0.1) is 0 Å². The summed E-state index contributed by atoms with van der Waals surface area (Å²) in [5.41, 5.74) is 1.91. The van der Waals surface area contributed by atoms with Gasteiger partial charge in [0, 0.05) is 24.0 Å². The van der Waals surface area contributed by atoms with Crippen molar-refractivity contribution in [1.82, 2.24) is 0 Å². The standard InChI is InChI=1S/C12H15BrN2O2/c1-9-3-2-6-14(9)11-5-4-10(8-13)7-12(11)15(16)17/h4-5,7,9H,2-3,6,8H2,1H3. The van der Waals surface area contributed by atoms with Crippen LogP contribution in [0.2, 0.25) is 0 Å². The van der Waals surface area contributed by atoms with Crippen LogP contribution < -0.4 is 4.90 Å². The molecular weight excluding hydrogens is 284 g/mol. The Labute approximate surface area is 109 Å². The summed E-state index contributed by atoms with van der Waals surface area (Å²) in [5.74, 6) is 0. The quantitative estimate of drug-likeness (QED) is 0.487. The zero-order chi connectivity index (χ0) is 12.4. The third-order valence-corrected chi connectivity index (χ3v) is 3.90. The second-order valence-corrected chi connectivity index (χ2v) is 4.96. The van der Waals surface area contributed by atoms with Gasteiger partial charge in [-0.25, -0.2) is 0 Å². The lowest BCUT2D eigenvalue weighted by molar-refractivity contribution is -0.384. The van der Waals surface area contributed by atoms with E-state index in [1.54, 1.807) is 6.07 Å². The minimum absolute atomic E-state index is 0.218. The summed E-state index contributed by atoms with van der Waals surface area (Å²) in [6.07, 6.45) is 2.22. The summed E-state index contributed by atoms with van der Waals surface area (Å²) in [4.78, 5) is 13.0. The van der Waals surface area contributed by atoms with Crippen LogP contribution in [0.25, 0.3) is 0 Å². The van der Waals surface area contributed by atoms with Crippen molar-refractivity contribution in [2.45, 2.75) is 31.1 Å². The fraction of sp³-hybridized carbons (Fsp3) is 0.500. The maximum atomic E-state index is 11.1. The van der Waals surface area contributed by atoms with E-state index in [-0.39, 0.29) is 10.6 Å². The van der Waals surface area contributed by atoms with Crippen molar-refractivity contribution in [3.63, 3.8) is 0 Å². The molecule has 0 amide bonds. The molecule has 1 unspecified atom stereocenters. The second-order valence-electron chi connectivity index (χ2n) is 4.40. The van der Waals surface area contributed by atoms with Crippen molar-refractivity contribution in [1.29, 1.82) is 0 Å². The Bertz CT molecular complexity index is 437. The number of hydrogen-bond donors (Lipinski definition) is 0. The topological polar surface area (TPSA) is 46.4 Å². The van der Waals surface area contributed by atoms with Gasteiger partial charge >= 0.3 is 0 Å². The minimum Gasteiger partial charge on any atom is -0.363 e. The maximum absolute atomic E-state index is 11.1. The first-order valence-electron chi connectivity index (χ1n) is 5.73. The molecule has 0 aromatic heterocycles. The molecule has 2 rings (SSSR count). The summed E-state index contributed by atoms with van der Waals surface area (Å²) in [5, 5.41) is 11.8. The van der Waals surface area contributed by atoms with Gasteiger partial charge in [0.1, 0.15) is 5.69 Å². The Balaban J connectivity index is 2.42. The predicted molar refractivity (Wildman–Crippen MR) is 71.8 cm³/mol. The molecule has 92 valence electrons. The van der Waals surface area contributed by atoms with Crippen molar-refractivity contribution in [2.24, 2.45) is 0 Å². The number of rotatable bonds is 3. The normalized spacial score (nSPS) is 19.6. The van der Waals surface area contributed by atoms with E-state index in [0.717, 1.165) is 30.6 Å². The van der Waals surface area contributed by atoms with Crippen LogP contribution in [0.4, 0.5) is 11.4 Å². The molecule has 0 bridgehead atoms. The van der Waals surface area contributed by atoms with E-state index in [0.29, 0.717) is 11.4 Å². The Morgan fingerprint density at radius 3 is 2.88 bits per heavy atom. The number of nitrogens with zero attached hydrogens (tertiary/aromatic N) is 2. The van der Waals surface area contributed by atoms with Crippen molar-refractivity contribution in [2.75, 3.05) is 11.4 Å². The summed E-state index contributed by atoms with van der Waals surface area (Å²) in [6, 6.07) is 5.87. The van der Waals surface area contributed by atoms with Gasteiger partial charge < -0.3 is 4.90 Å². The predicted octanol–water partition coefficient (Wildman–Crippen LogP) is 3.48. The molecule has 0 aliphatic carbocycles. The molecule has 1 atom stereocenters. The molecule has 1 aliphatic rings. The van der Waals surface area contributed by atoms with Crippen LogP contribution in [0.3, 0.4) is 0 Å². The lowest BCUT2D eigenvalue weighted by Crippen LogP contribution is -2.26. The van der Waals surface area contributed by atoms with Gasteiger partial charge in [-0.1, -0.05) is 22.0 Å². The third kappa shape index (κ3) is 2.44. The fourth-order valence-corrected chi connectivity index (χ4v) is 2.68. The van der Waals surface area contributed by atoms with Crippen LogP contribution >= 0.6 is 15.9 Å². The first kappa shape index (κ1) is 12.4. The van der Waals surface area contributed by atoms with Gasteiger partial charge in [-0.3, -0.25) is 10.1 Å². The largest absolute Gasteiger partial charge is 0.363 e. The molecule has 0 radical (unpaired) electrons. The highest BCUT2D eigenvalue weighted by Gasteiger charge is 2.26. The monoisotopic (exact) mass is 298 g/mol. The average molecular weight is 299 g/mol. The molecular formula is C12H15BrN2O2. The van der Waals surface area contributed by atoms with Gasteiger partial charge in [0.2, 0.25) is 0 Å². The highest BCUT2D eigenvalue weighted by Crippen LogP contribution is 2.34. The minimum atomic E-state index is -0.285. The highest BCUT2D eigenvalue weighted by atomic mass is 79.9. The molecule has 1 fully saturated rings. The van der Waals surface area contributed by atoms with Crippen molar-refractivity contribution < 1.29 is 4.92 Å². The van der Waals surface area contributed by atoms with Crippen LogP contribution in [0.1, 0.15) is 25.3 Å². The van der Waals surface area contributed by atoms with E-state index in [1.807, 2.05) is 12.1 Å². The number of alkyl halides is 1. The molecule has 0 saturated carbocycles. The van der Waals surface area contributed by atoms with Crippen LogP contribution in [0.5, 0.6) is 0 Å². The zero-order valence-corrected chi connectivity index (χ0v) is 11.3. The summed E-state index contributed by atoms with van der Waals surface area (Å²) < 4.78 is 0. The fourth-order valence-electron chi connectivity index (χ4n) is 2.33. The number of nitro benzene ring substituents is 1. The van der Waals surface area contributed by atoms with E-state index in [9.17, 15) is 10.1 Å². The first-order valence-corrected chi connectivity index (χ1v) is 6.85. The van der Waals surface area contributed by atoms with Gasteiger partial charge in [0.05, 0.1) is 4.92 Å². The molecule has 1 heterocycles. The van der Waals surface area contributed by atoms with Gasteiger partial charge in [-0.05, 0) is 31.4 Å². The number of anilines is 1. The Morgan fingerprint density at radius 2 is 2.35 bits per heavy atom. The SMILES string of the molecule is CC1CCCN1c1ccc(CBr)cc1[N+](=O)[O-]. The molecule has 4 nitrogen and oxygen atoms in total. The first-order chi connectivity index (χ1) is 8.13. The summed E-state index contributed by atoms with van der Waals surface area (Å²) >= 11 is 3.32. The smallest absolute Gasteiger partial charge is 0.292 e. The van der Waals surface area contributed by atoms with Crippen LogP contribution in [0.15, 0.2) is 18.2 Å². The van der Waals surface area contributed by atoms with Crippen molar-refractivity contribution in [3.05, 3.63) is 33.9 Å². The number of hydrogen-bond acceptors (Lipinski definition) is 3. The molecule has 1 saturated heterocycles. The van der Waals surface area contributed by atoms with Crippen molar-refractivity contribution in [3.8, 4) is 0 Å². The molecule has 1 aromatic carbocycles. The van der Waals surface area contributed by atoms with E-state index in [2.05, 4.69) is 27.8 Å². The zero-order valence-electron chi connectivity index (χ0n) is 9.73. The molecule has 0 spiro atoms. The summed E-state index contributed by atoms with van der Waals surface area (Å²) in [7, 11) is 0. The molecule has 1 aliphatic heterocycles. The maximum Gasteiger partial charge on any atom is 0.292 e. The molecule has 0 N–H and O–H groups in total. The van der Waals surface area contributed by atoms with E-state index in [1.165, 1.54) is 0 Å². The lowest BCUT2D eigenvalue weighted by Gasteiger charge is -2.23. The Hall–Kier alpha value is -1.10. The molecule has 5 heteroatoms. The van der Waals surface area contributed by atoms with Crippen LogP contribution in [-0.2, 0) is 5.33 Å². The van der Waals surface area contributed by atoms with E-state index in [4.69, 9.17) is 0 Å². The van der Waals surface area contributed by atoms with Crippen LogP contribution in [0, 0.1) is 10.1 Å². The Kier molecular flexibility index (Phi) is 3.66.